The lowest BCUT2D eigenvalue weighted by atomic mass is 10.2. The number of rotatable bonds is 0. The molecule has 1 aromatic carbocycles. The third-order valence-corrected chi connectivity index (χ3v) is 2.57. The van der Waals surface area contributed by atoms with Crippen LogP contribution < -0.4 is 5.73 Å². The molecule has 3 aromatic rings. The molecule has 2 N–H and O–H groups in total. The van der Waals surface area contributed by atoms with E-state index < -0.39 is 0 Å². The third kappa shape index (κ3) is 3.48. The minimum Gasteiger partial charge on any atom is -0.398 e. The van der Waals surface area contributed by atoms with Crippen LogP contribution in [0.15, 0.2) is 48.9 Å². The lowest BCUT2D eigenvalue weighted by Crippen LogP contribution is -1.91. The Morgan fingerprint density at radius 2 is 1.79 bits per heavy atom. The van der Waals surface area contributed by atoms with Crippen molar-refractivity contribution in [2.24, 2.45) is 0 Å². The number of benzene rings is 1. The van der Waals surface area contributed by atoms with Gasteiger partial charge in [-0.1, -0.05) is 18.2 Å². The standard InChI is InChI=1S/C10H10N2.C5H6N2/c1-7-6-9(11)8-4-2-3-5-10(8)12-7;1-5-4-6-2-3-7-5/h2-6H,1H3,(H2,11,12);2-4H,1H3. The molecule has 0 radical (unpaired) electrons. The van der Waals surface area contributed by atoms with E-state index in [0.29, 0.717) is 0 Å². The number of nitrogens with two attached hydrogens (primary N) is 1. The summed E-state index contributed by atoms with van der Waals surface area (Å²) in [7, 11) is 0. The van der Waals surface area contributed by atoms with Crippen molar-refractivity contribution < 1.29 is 0 Å². The molecular formula is C15H16N4. The van der Waals surface area contributed by atoms with E-state index in [1.165, 1.54) is 0 Å². The number of aromatic nitrogens is 3. The summed E-state index contributed by atoms with van der Waals surface area (Å²) in [6.45, 7) is 3.86. The Labute approximate surface area is 112 Å². The average molecular weight is 252 g/mol. The van der Waals surface area contributed by atoms with E-state index in [1.54, 1.807) is 18.6 Å². The smallest absolute Gasteiger partial charge is 0.0725 e. The maximum Gasteiger partial charge on any atom is 0.0725 e. The van der Waals surface area contributed by atoms with Gasteiger partial charge in [0.05, 0.1) is 11.2 Å². The molecule has 0 atom stereocenters. The number of hydrogen-bond donors (Lipinski definition) is 1. The van der Waals surface area contributed by atoms with Crippen LogP contribution in [0.2, 0.25) is 0 Å². The van der Waals surface area contributed by atoms with Crippen molar-refractivity contribution >= 4 is 16.6 Å². The summed E-state index contributed by atoms with van der Waals surface area (Å²) < 4.78 is 0. The topological polar surface area (TPSA) is 64.7 Å². The van der Waals surface area contributed by atoms with E-state index in [-0.39, 0.29) is 0 Å². The molecular weight excluding hydrogens is 236 g/mol. The summed E-state index contributed by atoms with van der Waals surface area (Å²) >= 11 is 0. The predicted molar refractivity (Wildman–Crippen MR) is 77.7 cm³/mol. The van der Waals surface area contributed by atoms with Gasteiger partial charge in [-0.15, -0.1) is 0 Å². The van der Waals surface area contributed by atoms with Crippen molar-refractivity contribution in [3.8, 4) is 0 Å². The van der Waals surface area contributed by atoms with Gasteiger partial charge in [0, 0.05) is 35.4 Å². The van der Waals surface area contributed by atoms with Crippen molar-refractivity contribution in [1.82, 2.24) is 15.0 Å². The number of pyridine rings is 1. The van der Waals surface area contributed by atoms with Crippen LogP contribution in [-0.2, 0) is 0 Å². The van der Waals surface area contributed by atoms with Gasteiger partial charge < -0.3 is 5.73 Å². The van der Waals surface area contributed by atoms with Crippen molar-refractivity contribution in [2.45, 2.75) is 13.8 Å². The lowest BCUT2D eigenvalue weighted by molar-refractivity contribution is 1.12. The third-order valence-electron chi connectivity index (χ3n) is 2.57. The first-order valence-electron chi connectivity index (χ1n) is 6.01. The summed E-state index contributed by atoms with van der Waals surface area (Å²) in [5.41, 5.74) is 9.51. The second-order valence-electron chi connectivity index (χ2n) is 4.22. The average Bonchev–Trinajstić information content (AvgIpc) is 2.40. The molecule has 0 saturated carbocycles. The molecule has 2 heterocycles. The summed E-state index contributed by atoms with van der Waals surface area (Å²) in [5.74, 6) is 0. The SMILES string of the molecule is Cc1cc(N)c2ccccc2n1.Cc1cnccn1. The Hall–Kier alpha value is -2.49. The number of anilines is 1. The first-order chi connectivity index (χ1) is 9.16. The lowest BCUT2D eigenvalue weighted by Gasteiger charge is -2.01. The van der Waals surface area contributed by atoms with Gasteiger partial charge in [-0.05, 0) is 26.0 Å². The van der Waals surface area contributed by atoms with Crippen molar-refractivity contribution in [1.29, 1.82) is 0 Å². The fraction of sp³-hybridized carbons (Fsp3) is 0.133. The molecule has 0 aliphatic rings. The summed E-state index contributed by atoms with van der Waals surface area (Å²) in [5, 5.41) is 1.03. The minimum atomic E-state index is 0.804. The largest absolute Gasteiger partial charge is 0.398 e. The van der Waals surface area contributed by atoms with Gasteiger partial charge >= 0.3 is 0 Å². The first kappa shape index (κ1) is 13.0. The molecule has 3 rings (SSSR count). The number of hydrogen-bond acceptors (Lipinski definition) is 4. The van der Waals surface area contributed by atoms with Gasteiger partial charge in [-0.2, -0.15) is 0 Å². The maximum atomic E-state index is 5.82. The van der Waals surface area contributed by atoms with Crippen LogP contribution >= 0.6 is 0 Å². The van der Waals surface area contributed by atoms with Crippen LogP contribution in [0.1, 0.15) is 11.4 Å². The number of nitrogens with zero attached hydrogens (tertiary/aromatic N) is 3. The molecule has 0 aliphatic heterocycles. The summed E-state index contributed by atoms with van der Waals surface area (Å²) in [6.07, 6.45) is 5.06. The Kier molecular flexibility index (Phi) is 4.03. The van der Waals surface area contributed by atoms with E-state index >= 15 is 0 Å². The molecule has 0 spiro atoms. The van der Waals surface area contributed by atoms with Crippen molar-refractivity contribution in [2.75, 3.05) is 5.73 Å². The van der Waals surface area contributed by atoms with Gasteiger partial charge in [0.2, 0.25) is 0 Å². The second kappa shape index (κ2) is 5.91. The molecule has 0 aliphatic carbocycles. The Balaban J connectivity index is 0.000000163. The molecule has 0 unspecified atom stereocenters. The highest BCUT2D eigenvalue weighted by Crippen LogP contribution is 2.19. The van der Waals surface area contributed by atoms with Crippen LogP contribution in [0, 0.1) is 13.8 Å². The predicted octanol–water partition coefficient (Wildman–Crippen LogP) is 2.91. The molecule has 4 nitrogen and oxygen atoms in total. The highest BCUT2D eigenvalue weighted by atomic mass is 14.7. The fourth-order valence-electron chi connectivity index (χ4n) is 1.71. The van der Waals surface area contributed by atoms with Gasteiger partial charge in [0.25, 0.3) is 0 Å². The quantitative estimate of drug-likeness (QED) is 0.668. The van der Waals surface area contributed by atoms with Crippen LogP contribution in [0.3, 0.4) is 0 Å². The highest BCUT2D eigenvalue weighted by Gasteiger charge is 1.98. The van der Waals surface area contributed by atoms with Crippen LogP contribution in [0.4, 0.5) is 5.69 Å². The van der Waals surface area contributed by atoms with E-state index in [4.69, 9.17) is 5.73 Å². The van der Waals surface area contributed by atoms with Gasteiger partial charge in [0.15, 0.2) is 0 Å². The zero-order chi connectivity index (χ0) is 13.7. The monoisotopic (exact) mass is 252 g/mol. The van der Waals surface area contributed by atoms with E-state index in [1.807, 2.05) is 44.2 Å². The van der Waals surface area contributed by atoms with Crippen molar-refractivity contribution in [3.63, 3.8) is 0 Å². The molecule has 0 saturated heterocycles. The zero-order valence-electron chi connectivity index (χ0n) is 11.0. The number of nitrogen functional groups attached to an aromatic ring is 1. The molecule has 2 aromatic heterocycles. The Morgan fingerprint density at radius 3 is 2.42 bits per heavy atom. The number of aryl methyl sites for hydroxylation is 2. The minimum absolute atomic E-state index is 0.804. The highest BCUT2D eigenvalue weighted by molar-refractivity contribution is 5.90. The number of fused-ring (bicyclic) bond motifs is 1. The normalized spacial score (nSPS) is 9.79. The van der Waals surface area contributed by atoms with E-state index in [2.05, 4.69) is 15.0 Å². The molecule has 0 bridgehead atoms. The van der Waals surface area contributed by atoms with E-state index in [9.17, 15) is 0 Å². The molecule has 0 amide bonds. The Bertz CT molecular complexity index is 665. The van der Waals surface area contributed by atoms with Crippen LogP contribution in [0.5, 0.6) is 0 Å². The van der Waals surface area contributed by atoms with Crippen molar-refractivity contribution in [3.05, 3.63) is 60.3 Å². The molecule has 4 heteroatoms. The Morgan fingerprint density at radius 1 is 1.00 bits per heavy atom. The zero-order valence-corrected chi connectivity index (χ0v) is 11.0. The van der Waals surface area contributed by atoms with E-state index in [0.717, 1.165) is 28.0 Å². The summed E-state index contributed by atoms with van der Waals surface area (Å²) in [4.78, 5) is 12.1. The molecule has 96 valence electrons. The first-order valence-corrected chi connectivity index (χ1v) is 6.01. The van der Waals surface area contributed by atoms with Gasteiger partial charge in [-0.25, -0.2) is 0 Å². The van der Waals surface area contributed by atoms with Crippen LogP contribution in [-0.4, -0.2) is 15.0 Å². The molecule has 0 fully saturated rings. The molecule has 19 heavy (non-hydrogen) atoms. The summed E-state index contributed by atoms with van der Waals surface area (Å²) in [6, 6.07) is 9.78. The number of para-hydroxylation sites is 1. The second-order valence-corrected chi connectivity index (χ2v) is 4.22. The fourth-order valence-corrected chi connectivity index (χ4v) is 1.71. The van der Waals surface area contributed by atoms with Gasteiger partial charge in [-0.3, -0.25) is 15.0 Å². The van der Waals surface area contributed by atoms with Gasteiger partial charge in [0.1, 0.15) is 0 Å². The maximum absolute atomic E-state index is 5.82. The van der Waals surface area contributed by atoms with Crippen LogP contribution in [0.25, 0.3) is 10.9 Å².